The molecule has 17 heavy (non-hydrogen) atoms. The molecule has 1 aliphatic rings. The Balaban J connectivity index is 1.90. The van der Waals surface area contributed by atoms with E-state index in [-0.39, 0.29) is 0 Å². The molecule has 1 fully saturated rings. The van der Waals surface area contributed by atoms with Crippen LogP contribution in [0.25, 0.3) is 0 Å². The first kappa shape index (κ1) is 12.4. The summed E-state index contributed by atoms with van der Waals surface area (Å²) in [5.41, 5.74) is 1.16. The van der Waals surface area contributed by atoms with Gasteiger partial charge < -0.3 is 9.84 Å². The maximum atomic E-state index is 9.44. The van der Waals surface area contributed by atoms with E-state index in [1.807, 2.05) is 12.1 Å². The SMILES string of the molecule is CCN(Cc1cccc(O)c1)CC1CCCO1. The first-order chi connectivity index (χ1) is 8.28. The zero-order valence-electron chi connectivity index (χ0n) is 10.4. The highest BCUT2D eigenvalue weighted by atomic mass is 16.5. The van der Waals surface area contributed by atoms with Gasteiger partial charge in [-0.3, -0.25) is 4.90 Å². The molecule has 94 valence electrons. The second-order valence-electron chi connectivity index (χ2n) is 4.63. The topological polar surface area (TPSA) is 32.7 Å². The summed E-state index contributed by atoms with van der Waals surface area (Å²) in [6, 6.07) is 7.49. The third-order valence-corrected chi connectivity index (χ3v) is 3.25. The van der Waals surface area contributed by atoms with Gasteiger partial charge in [0.2, 0.25) is 0 Å². The molecule has 1 saturated heterocycles. The zero-order valence-corrected chi connectivity index (χ0v) is 10.4. The quantitative estimate of drug-likeness (QED) is 0.850. The Morgan fingerprint density at radius 3 is 3.00 bits per heavy atom. The Labute approximate surface area is 103 Å². The second-order valence-corrected chi connectivity index (χ2v) is 4.63. The molecular formula is C14H21NO2. The Hall–Kier alpha value is -1.06. The molecule has 1 N–H and O–H groups in total. The predicted molar refractivity (Wildman–Crippen MR) is 68.0 cm³/mol. The van der Waals surface area contributed by atoms with Crippen molar-refractivity contribution in [2.24, 2.45) is 0 Å². The minimum atomic E-state index is 0.343. The van der Waals surface area contributed by atoms with E-state index in [0.29, 0.717) is 11.9 Å². The van der Waals surface area contributed by atoms with Crippen molar-refractivity contribution >= 4 is 0 Å². The lowest BCUT2D eigenvalue weighted by Crippen LogP contribution is -2.31. The number of hydrogen-bond acceptors (Lipinski definition) is 3. The molecule has 0 bridgehead atoms. The zero-order chi connectivity index (χ0) is 12.1. The van der Waals surface area contributed by atoms with Gasteiger partial charge in [0.05, 0.1) is 6.10 Å². The van der Waals surface area contributed by atoms with E-state index in [2.05, 4.69) is 17.9 Å². The highest BCUT2D eigenvalue weighted by Crippen LogP contribution is 2.16. The van der Waals surface area contributed by atoms with Crippen molar-refractivity contribution in [3.63, 3.8) is 0 Å². The Morgan fingerprint density at radius 2 is 2.35 bits per heavy atom. The predicted octanol–water partition coefficient (Wildman–Crippen LogP) is 2.39. The highest BCUT2D eigenvalue weighted by molar-refractivity contribution is 5.26. The van der Waals surface area contributed by atoms with Gasteiger partial charge in [-0.05, 0) is 37.1 Å². The Kier molecular flexibility index (Phi) is 4.40. The summed E-state index contributed by atoms with van der Waals surface area (Å²) < 4.78 is 5.66. The molecule has 2 rings (SSSR count). The van der Waals surface area contributed by atoms with Crippen molar-refractivity contribution in [1.82, 2.24) is 4.90 Å². The largest absolute Gasteiger partial charge is 0.508 e. The number of rotatable bonds is 5. The van der Waals surface area contributed by atoms with Crippen LogP contribution in [0.2, 0.25) is 0 Å². The van der Waals surface area contributed by atoms with E-state index in [4.69, 9.17) is 4.74 Å². The van der Waals surface area contributed by atoms with E-state index >= 15 is 0 Å². The third-order valence-electron chi connectivity index (χ3n) is 3.25. The molecule has 1 heterocycles. The number of phenolic OH excluding ortho intramolecular Hbond substituents is 1. The van der Waals surface area contributed by atoms with Gasteiger partial charge in [0.1, 0.15) is 5.75 Å². The smallest absolute Gasteiger partial charge is 0.115 e. The molecule has 0 aliphatic carbocycles. The van der Waals surface area contributed by atoms with Crippen LogP contribution in [0.1, 0.15) is 25.3 Å². The molecule has 3 nitrogen and oxygen atoms in total. The van der Waals surface area contributed by atoms with Gasteiger partial charge >= 0.3 is 0 Å². The van der Waals surface area contributed by atoms with E-state index < -0.39 is 0 Å². The average Bonchev–Trinajstić information content (AvgIpc) is 2.81. The lowest BCUT2D eigenvalue weighted by Gasteiger charge is -2.23. The van der Waals surface area contributed by atoms with Gasteiger partial charge in [0, 0.05) is 19.7 Å². The molecule has 0 amide bonds. The van der Waals surface area contributed by atoms with Gasteiger partial charge in [-0.25, -0.2) is 0 Å². The van der Waals surface area contributed by atoms with Gasteiger partial charge in [0.25, 0.3) is 0 Å². The van der Waals surface area contributed by atoms with Crippen LogP contribution >= 0.6 is 0 Å². The van der Waals surface area contributed by atoms with Gasteiger partial charge in [-0.1, -0.05) is 19.1 Å². The van der Waals surface area contributed by atoms with Crippen molar-refractivity contribution in [2.45, 2.75) is 32.4 Å². The number of likely N-dealkylation sites (N-methyl/N-ethyl adjacent to an activating group) is 1. The van der Waals surface area contributed by atoms with Crippen LogP contribution < -0.4 is 0 Å². The summed E-state index contributed by atoms with van der Waals surface area (Å²) in [5, 5.41) is 9.44. The standard InChI is InChI=1S/C14H21NO2/c1-2-15(11-14-7-4-8-17-14)10-12-5-3-6-13(16)9-12/h3,5-6,9,14,16H,2,4,7-8,10-11H2,1H3. The normalized spacial score (nSPS) is 20.0. The van der Waals surface area contributed by atoms with Gasteiger partial charge in [-0.15, -0.1) is 0 Å². The van der Waals surface area contributed by atoms with Crippen LogP contribution in [0.4, 0.5) is 0 Å². The number of ether oxygens (including phenoxy) is 1. The molecule has 1 unspecified atom stereocenters. The van der Waals surface area contributed by atoms with E-state index in [9.17, 15) is 5.11 Å². The summed E-state index contributed by atoms with van der Waals surface area (Å²) in [5.74, 6) is 0.343. The van der Waals surface area contributed by atoms with Gasteiger partial charge in [0.15, 0.2) is 0 Å². The minimum absolute atomic E-state index is 0.343. The number of hydrogen-bond donors (Lipinski definition) is 1. The van der Waals surface area contributed by atoms with Crippen molar-refractivity contribution < 1.29 is 9.84 Å². The average molecular weight is 235 g/mol. The summed E-state index contributed by atoms with van der Waals surface area (Å²) in [4.78, 5) is 2.37. The number of phenols is 1. The summed E-state index contributed by atoms with van der Waals surface area (Å²) in [6.07, 6.45) is 2.76. The molecule has 3 heteroatoms. The molecule has 0 spiro atoms. The van der Waals surface area contributed by atoms with Crippen LogP contribution in [-0.4, -0.2) is 35.8 Å². The summed E-state index contributed by atoms with van der Waals surface area (Å²) in [6.45, 7) is 5.96. The van der Waals surface area contributed by atoms with Crippen LogP contribution in [0.3, 0.4) is 0 Å². The first-order valence-corrected chi connectivity index (χ1v) is 6.40. The molecule has 0 radical (unpaired) electrons. The fraction of sp³-hybridized carbons (Fsp3) is 0.571. The maximum absolute atomic E-state index is 9.44. The molecule has 0 aromatic heterocycles. The number of benzene rings is 1. The molecule has 0 saturated carbocycles. The lowest BCUT2D eigenvalue weighted by molar-refractivity contribution is 0.0725. The summed E-state index contributed by atoms with van der Waals surface area (Å²) in [7, 11) is 0. The minimum Gasteiger partial charge on any atom is -0.508 e. The molecule has 1 aromatic rings. The fourth-order valence-electron chi connectivity index (χ4n) is 2.29. The third kappa shape index (κ3) is 3.72. The van der Waals surface area contributed by atoms with Crippen molar-refractivity contribution in [2.75, 3.05) is 19.7 Å². The highest BCUT2D eigenvalue weighted by Gasteiger charge is 2.18. The number of aromatic hydroxyl groups is 1. The van der Waals surface area contributed by atoms with Gasteiger partial charge in [-0.2, -0.15) is 0 Å². The van der Waals surface area contributed by atoms with Crippen LogP contribution in [0.15, 0.2) is 24.3 Å². The van der Waals surface area contributed by atoms with E-state index in [0.717, 1.165) is 31.8 Å². The Morgan fingerprint density at radius 1 is 1.47 bits per heavy atom. The maximum Gasteiger partial charge on any atom is 0.115 e. The van der Waals surface area contributed by atoms with Crippen LogP contribution in [0, 0.1) is 0 Å². The van der Waals surface area contributed by atoms with E-state index in [1.165, 1.54) is 12.8 Å². The molecule has 1 aliphatic heterocycles. The summed E-state index contributed by atoms with van der Waals surface area (Å²) >= 11 is 0. The monoisotopic (exact) mass is 235 g/mol. The molecule has 1 aromatic carbocycles. The van der Waals surface area contributed by atoms with Crippen molar-refractivity contribution in [1.29, 1.82) is 0 Å². The number of nitrogens with zero attached hydrogens (tertiary/aromatic N) is 1. The van der Waals surface area contributed by atoms with Crippen molar-refractivity contribution in [3.8, 4) is 5.75 Å². The fourth-order valence-corrected chi connectivity index (χ4v) is 2.29. The van der Waals surface area contributed by atoms with Crippen molar-refractivity contribution in [3.05, 3.63) is 29.8 Å². The molecular weight excluding hydrogens is 214 g/mol. The van der Waals surface area contributed by atoms with E-state index in [1.54, 1.807) is 6.07 Å². The molecule has 1 atom stereocenters. The van der Waals surface area contributed by atoms with Crippen LogP contribution in [0.5, 0.6) is 5.75 Å². The Bertz CT molecular complexity index is 348. The second kappa shape index (κ2) is 6.03. The van der Waals surface area contributed by atoms with Crippen LogP contribution in [-0.2, 0) is 11.3 Å². The lowest BCUT2D eigenvalue weighted by atomic mass is 10.1. The first-order valence-electron chi connectivity index (χ1n) is 6.40.